The number of para-hydroxylation sites is 1. The maximum absolute atomic E-state index is 13.3. The number of hydrogen-bond acceptors (Lipinski definition) is 6. The fraction of sp³-hybridized carbons (Fsp3) is 0.238. The van der Waals surface area contributed by atoms with Gasteiger partial charge in [-0.3, -0.25) is 14.0 Å². The van der Waals surface area contributed by atoms with Gasteiger partial charge in [-0.25, -0.2) is 4.57 Å². The summed E-state index contributed by atoms with van der Waals surface area (Å²) in [6.07, 6.45) is 1.56. The zero-order valence-corrected chi connectivity index (χ0v) is 16.6. The smallest absolute Gasteiger partial charge is 0.319 e. The molecule has 0 N–H and O–H groups in total. The van der Waals surface area contributed by atoms with Gasteiger partial charge in [-0.15, -0.1) is 10.2 Å². The summed E-state index contributed by atoms with van der Waals surface area (Å²) in [7, 11) is 0. The molecule has 1 aliphatic rings. The molecule has 1 atom stereocenters. The molecule has 1 saturated heterocycles. The average molecular weight is 406 g/mol. The number of fused-ring (bicyclic) bond motifs is 3. The second-order valence-electron chi connectivity index (χ2n) is 6.86. The normalized spacial score (nSPS) is 16.6. The summed E-state index contributed by atoms with van der Waals surface area (Å²) in [5, 5.41) is 9.45. The first-order chi connectivity index (χ1) is 14.2. The quantitative estimate of drug-likeness (QED) is 0.485. The molecule has 0 amide bonds. The van der Waals surface area contributed by atoms with Gasteiger partial charge in [0.2, 0.25) is 5.78 Å². The van der Waals surface area contributed by atoms with Crippen LogP contribution in [0.4, 0.5) is 0 Å². The van der Waals surface area contributed by atoms with Gasteiger partial charge in [-0.05, 0) is 36.2 Å². The summed E-state index contributed by atoms with van der Waals surface area (Å²) in [6.45, 7) is 2.51. The highest BCUT2D eigenvalue weighted by atomic mass is 32.2. The van der Waals surface area contributed by atoms with Crippen LogP contribution in [0.1, 0.15) is 18.9 Å². The third-order valence-corrected chi connectivity index (χ3v) is 6.32. The molecule has 1 fully saturated rings. The number of ether oxygens (including phenoxy) is 1. The summed E-state index contributed by atoms with van der Waals surface area (Å²) in [4.78, 5) is 25.3. The van der Waals surface area contributed by atoms with E-state index in [1.165, 1.54) is 17.3 Å². The van der Waals surface area contributed by atoms with Gasteiger partial charge in [0, 0.05) is 6.42 Å². The predicted molar refractivity (Wildman–Crippen MR) is 111 cm³/mol. The van der Waals surface area contributed by atoms with Gasteiger partial charge in [-0.1, -0.05) is 43.0 Å². The van der Waals surface area contributed by atoms with Gasteiger partial charge in [-0.2, -0.15) is 0 Å². The first-order valence-corrected chi connectivity index (χ1v) is 10.4. The van der Waals surface area contributed by atoms with Crippen LogP contribution in [0.25, 0.3) is 22.4 Å². The lowest BCUT2D eigenvalue weighted by Crippen LogP contribution is -2.22. The highest BCUT2D eigenvalue weighted by Crippen LogP contribution is 2.30. The molecule has 0 spiro atoms. The minimum Gasteiger partial charge on any atom is -0.465 e. The molecule has 2 aromatic carbocycles. The van der Waals surface area contributed by atoms with Crippen molar-refractivity contribution in [1.29, 1.82) is 0 Å². The van der Waals surface area contributed by atoms with Gasteiger partial charge >= 0.3 is 5.97 Å². The fourth-order valence-corrected chi connectivity index (χ4v) is 4.59. The van der Waals surface area contributed by atoms with Crippen LogP contribution in [0, 0.1) is 0 Å². The molecule has 0 bridgehead atoms. The number of esters is 1. The largest absolute Gasteiger partial charge is 0.465 e. The Morgan fingerprint density at radius 2 is 1.90 bits per heavy atom. The van der Waals surface area contributed by atoms with E-state index in [0.29, 0.717) is 34.9 Å². The van der Waals surface area contributed by atoms with Crippen LogP contribution < -0.4 is 5.56 Å². The van der Waals surface area contributed by atoms with E-state index in [4.69, 9.17) is 4.74 Å². The van der Waals surface area contributed by atoms with Crippen LogP contribution >= 0.6 is 11.8 Å². The van der Waals surface area contributed by atoms with Crippen LogP contribution in [-0.4, -0.2) is 37.0 Å². The molecule has 8 heteroatoms. The predicted octanol–water partition coefficient (Wildman–Crippen LogP) is 3.00. The van der Waals surface area contributed by atoms with Crippen molar-refractivity contribution in [3.05, 3.63) is 64.4 Å². The summed E-state index contributed by atoms with van der Waals surface area (Å²) >= 11 is 1.33. The van der Waals surface area contributed by atoms with Crippen molar-refractivity contribution >= 4 is 34.4 Å². The third kappa shape index (κ3) is 2.91. The third-order valence-electron chi connectivity index (χ3n) is 5.13. The minimum atomic E-state index is -0.314. The Labute approximate surface area is 170 Å². The van der Waals surface area contributed by atoms with E-state index in [1.54, 1.807) is 10.6 Å². The van der Waals surface area contributed by atoms with Gasteiger partial charge in [0.25, 0.3) is 5.56 Å². The van der Waals surface area contributed by atoms with E-state index in [2.05, 4.69) is 17.1 Å². The molecule has 5 rings (SSSR count). The van der Waals surface area contributed by atoms with E-state index in [0.717, 1.165) is 12.1 Å². The molecule has 0 aliphatic carbocycles. The maximum Gasteiger partial charge on any atom is 0.319 e. The zero-order chi connectivity index (χ0) is 20.0. The molecule has 1 unspecified atom stereocenters. The molecule has 7 nitrogen and oxygen atoms in total. The van der Waals surface area contributed by atoms with Gasteiger partial charge in [0.1, 0.15) is 5.25 Å². The first-order valence-electron chi connectivity index (χ1n) is 9.49. The molecule has 2 aromatic heterocycles. The van der Waals surface area contributed by atoms with Crippen molar-refractivity contribution in [1.82, 2.24) is 19.2 Å². The molecule has 3 heterocycles. The van der Waals surface area contributed by atoms with Crippen LogP contribution in [-0.2, 0) is 16.0 Å². The number of benzene rings is 2. The van der Waals surface area contributed by atoms with Crippen LogP contribution in [0.2, 0.25) is 0 Å². The highest BCUT2D eigenvalue weighted by molar-refractivity contribution is 8.00. The molecule has 0 radical (unpaired) electrons. The monoisotopic (exact) mass is 406 g/mol. The lowest BCUT2D eigenvalue weighted by atomic mass is 10.1. The van der Waals surface area contributed by atoms with Crippen molar-refractivity contribution in [3.8, 4) is 5.69 Å². The molecule has 4 aromatic rings. The van der Waals surface area contributed by atoms with Crippen molar-refractivity contribution in [2.75, 3.05) is 6.61 Å². The number of cyclic esters (lactones) is 1. The molecule has 1 aliphatic heterocycles. The average Bonchev–Trinajstić information content (AvgIpc) is 3.35. The number of carbonyl (C=O) groups is 1. The molecular formula is C21H18N4O3S. The van der Waals surface area contributed by atoms with Crippen molar-refractivity contribution < 1.29 is 9.53 Å². The van der Waals surface area contributed by atoms with E-state index in [-0.39, 0.29) is 16.8 Å². The van der Waals surface area contributed by atoms with E-state index >= 15 is 0 Å². The summed E-state index contributed by atoms with van der Waals surface area (Å²) in [5.74, 6) is 0.186. The number of aromatic nitrogens is 4. The van der Waals surface area contributed by atoms with E-state index in [9.17, 15) is 9.59 Å². The van der Waals surface area contributed by atoms with Gasteiger partial charge in [0.15, 0.2) is 5.16 Å². The number of nitrogens with zero attached hydrogens (tertiary/aromatic N) is 4. The van der Waals surface area contributed by atoms with Gasteiger partial charge < -0.3 is 4.74 Å². The molecular weight excluding hydrogens is 388 g/mol. The second kappa shape index (κ2) is 7.04. The van der Waals surface area contributed by atoms with Crippen molar-refractivity contribution in [2.45, 2.75) is 30.2 Å². The summed E-state index contributed by atoms with van der Waals surface area (Å²) in [6, 6.07) is 15.2. The summed E-state index contributed by atoms with van der Waals surface area (Å²) in [5.41, 5.74) is 2.48. The summed E-state index contributed by atoms with van der Waals surface area (Å²) < 4.78 is 8.50. The second-order valence-corrected chi connectivity index (χ2v) is 8.03. The number of hydrogen-bond donors (Lipinski definition) is 0. The number of rotatable bonds is 4. The molecule has 29 heavy (non-hydrogen) atoms. The van der Waals surface area contributed by atoms with Crippen LogP contribution in [0.3, 0.4) is 0 Å². The Bertz CT molecular complexity index is 1290. The fourth-order valence-electron chi connectivity index (χ4n) is 3.58. The minimum absolute atomic E-state index is 0.151. The Morgan fingerprint density at radius 1 is 1.10 bits per heavy atom. The Kier molecular flexibility index (Phi) is 4.35. The molecule has 0 saturated carbocycles. The van der Waals surface area contributed by atoms with E-state index < -0.39 is 0 Å². The Balaban J connectivity index is 1.77. The van der Waals surface area contributed by atoms with Crippen LogP contribution in [0.15, 0.2) is 58.5 Å². The Morgan fingerprint density at radius 3 is 2.62 bits per heavy atom. The van der Waals surface area contributed by atoms with Crippen molar-refractivity contribution in [3.63, 3.8) is 0 Å². The number of carbonyl (C=O) groups excluding carboxylic acids is 1. The number of aryl methyl sites for hydroxylation is 1. The lowest BCUT2D eigenvalue weighted by molar-refractivity contribution is -0.137. The van der Waals surface area contributed by atoms with Crippen molar-refractivity contribution in [2.24, 2.45) is 0 Å². The molecule has 146 valence electrons. The zero-order valence-electron chi connectivity index (χ0n) is 15.7. The maximum atomic E-state index is 13.3. The first kappa shape index (κ1) is 17.9. The van der Waals surface area contributed by atoms with Crippen LogP contribution in [0.5, 0.6) is 0 Å². The topological polar surface area (TPSA) is 78.5 Å². The lowest BCUT2D eigenvalue weighted by Gasteiger charge is -2.12. The SMILES string of the molecule is CCc1ccc(-n2c(=O)c3ccccc3n3c(SC4CCOC4=O)nnc23)cc1. The number of thioether (sulfide) groups is 1. The highest BCUT2D eigenvalue weighted by Gasteiger charge is 2.30. The standard InChI is InChI=1S/C21H18N4O3S/c1-2-13-7-9-14(10-8-13)24-18(26)15-5-3-4-6-16(15)25-20(24)22-23-21(25)29-17-11-12-28-19(17)27/h3-10,17H,2,11-12H2,1H3. The van der Waals surface area contributed by atoms with E-state index in [1.807, 2.05) is 46.9 Å². The Hall–Kier alpha value is -3.13. The van der Waals surface area contributed by atoms with Gasteiger partial charge in [0.05, 0.1) is 23.2 Å².